The Morgan fingerprint density at radius 2 is 1.14 bits per heavy atom. The highest BCUT2D eigenvalue weighted by Crippen LogP contribution is 2.14. The van der Waals surface area contributed by atoms with E-state index >= 15 is 0 Å². The highest BCUT2D eigenvalue weighted by Gasteiger charge is 2.01. The van der Waals surface area contributed by atoms with E-state index in [-0.39, 0.29) is 11.5 Å². The van der Waals surface area contributed by atoms with Gasteiger partial charge in [0.05, 0.1) is 0 Å². The number of nitrogens with two attached hydrogens (primary N) is 2. The Morgan fingerprint density at radius 3 is 1.52 bits per heavy atom. The van der Waals surface area contributed by atoms with Crippen molar-refractivity contribution >= 4 is 17.6 Å². The van der Waals surface area contributed by atoms with Crippen molar-refractivity contribution in [3.05, 3.63) is 0 Å². The number of alkyl halides is 1. The third kappa shape index (κ3) is 17.5. The van der Waals surface area contributed by atoms with E-state index in [0.717, 1.165) is 12.8 Å². The van der Waals surface area contributed by atoms with Gasteiger partial charge in [-0.15, -0.1) is 0 Å². The Balaban J connectivity index is 3.11. The first-order chi connectivity index (χ1) is 10.2. The van der Waals surface area contributed by atoms with Crippen LogP contribution in [0.25, 0.3) is 0 Å². The standard InChI is InChI=1S/C17H36ClN3/c1-2-3-4-5-6-7-8-9-10-11-12-13-14-15-16(18)21-17(19)20/h16H,2-15H2,1H3,(H4,19,20,21). The summed E-state index contributed by atoms with van der Waals surface area (Å²) in [4.78, 5) is 3.91. The fraction of sp³-hybridized carbons (Fsp3) is 0.941. The summed E-state index contributed by atoms with van der Waals surface area (Å²) in [6, 6.07) is 0. The summed E-state index contributed by atoms with van der Waals surface area (Å²) in [5.41, 5.74) is 10.3. The Labute approximate surface area is 136 Å². The topological polar surface area (TPSA) is 64.4 Å². The Morgan fingerprint density at radius 1 is 0.762 bits per heavy atom. The maximum absolute atomic E-state index is 5.97. The predicted octanol–water partition coefficient (Wildman–Crippen LogP) is 5.31. The van der Waals surface area contributed by atoms with Gasteiger partial charge < -0.3 is 11.5 Å². The normalized spacial score (nSPS) is 12.3. The van der Waals surface area contributed by atoms with Gasteiger partial charge in [-0.05, 0) is 6.42 Å². The molecule has 0 saturated heterocycles. The van der Waals surface area contributed by atoms with Gasteiger partial charge >= 0.3 is 0 Å². The minimum atomic E-state index is -0.247. The Kier molecular flexibility index (Phi) is 15.6. The van der Waals surface area contributed by atoms with Crippen molar-refractivity contribution in [2.45, 2.75) is 102 Å². The largest absolute Gasteiger partial charge is 0.370 e. The molecule has 0 aliphatic rings. The number of nitrogens with zero attached hydrogens (tertiary/aromatic N) is 1. The molecule has 0 saturated carbocycles. The molecule has 4 heteroatoms. The van der Waals surface area contributed by atoms with Crippen LogP contribution in [0.2, 0.25) is 0 Å². The molecule has 0 aromatic rings. The molecular formula is C17H36ClN3. The first-order valence-electron chi connectivity index (χ1n) is 8.89. The fourth-order valence-electron chi connectivity index (χ4n) is 2.56. The second-order valence-corrected chi connectivity index (χ2v) is 6.52. The number of unbranched alkanes of at least 4 members (excludes halogenated alkanes) is 12. The smallest absolute Gasteiger partial charge is 0.187 e. The zero-order chi connectivity index (χ0) is 15.8. The maximum Gasteiger partial charge on any atom is 0.187 e. The number of hydrogen-bond acceptors (Lipinski definition) is 1. The van der Waals surface area contributed by atoms with Crippen LogP contribution in [0.4, 0.5) is 0 Å². The van der Waals surface area contributed by atoms with E-state index in [0.29, 0.717) is 0 Å². The number of rotatable bonds is 15. The summed E-state index contributed by atoms with van der Waals surface area (Å²) >= 11 is 5.97. The van der Waals surface area contributed by atoms with Crippen molar-refractivity contribution in [1.82, 2.24) is 0 Å². The first kappa shape index (κ1) is 20.6. The molecule has 1 unspecified atom stereocenters. The molecule has 1 atom stereocenters. The molecule has 0 amide bonds. The Hall–Kier alpha value is -0.440. The molecule has 3 nitrogen and oxygen atoms in total. The van der Waals surface area contributed by atoms with E-state index in [9.17, 15) is 0 Å². The summed E-state index contributed by atoms with van der Waals surface area (Å²) in [5, 5.41) is 0. The third-order valence-corrected chi connectivity index (χ3v) is 4.15. The van der Waals surface area contributed by atoms with Gasteiger partial charge in [0.1, 0.15) is 5.50 Å². The Bertz CT molecular complexity index is 240. The summed E-state index contributed by atoms with van der Waals surface area (Å²) in [6.45, 7) is 2.27. The number of aliphatic imine (C=N–C) groups is 1. The molecule has 0 aromatic carbocycles. The SMILES string of the molecule is CCCCCCCCCCCCCCCC(Cl)N=C(N)N. The molecule has 0 fully saturated rings. The average molecular weight is 318 g/mol. The van der Waals surface area contributed by atoms with Crippen LogP contribution in [0.5, 0.6) is 0 Å². The van der Waals surface area contributed by atoms with Crippen LogP contribution in [-0.2, 0) is 0 Å². The second kappa shape index (κ2) is 15.9. The molecule has 21 heavy (non-hydrogen) atoms. The van der Waals surface area contributed by atoms with E-state index in [1.165, 1.54) is 77.0 Å². The summed E-state index contributed by atoms with van der Waals surface area (Å²) in [7, 11) is 0. The van der Waals surface area contributed by atoms with Crippen LogP contribution in [0.15, 0.2) is 4.99 Å². The molecule has 0 aliphatic carbocycles. The lowest BCUT2D eigenvalue weighted by atomic mass is 10.0. The van der Waals surface area contributed by atoms with Gasteiger partial charge in [0.25, 0.3) is 0 Å². The monoisotopic (exact) mass is 317 g/mol. The molecule has 0 heterocycles. The fourth-order valence-corrected chi connectivity index (χ4v) is 2.82. The predicted molar refractivity (Wildman–Crippen MR) is 95.8 cm³/mol. The number of halogens is 1. The van der Waals surface area contributed by atoms with Crippen molar-refractivity contribution in [2.75, 3.05) is 0 Å². The first-order valence-corrected chi connectivity index (χ1v) is 9.33. The molecule has 0 bridgehead atoms. The van der Waals surface area contributed by atoms with Crippen molar-refractivity contribution < 1.29 is 0 Å². The van der Waals surface area contributed by atoms with Crippen molar-refractivity contribution in [1.29, 1.82) is 0 Å². The van der Waals surface area contributed by atoms with E-state index < -0.39 is 0 Å². The lowest BCUT2D eigenvalue weighted by Crippen LogP contribution is -2.24. The van der Waals surface area contributed by atoms with E-state index in [2.05, 4.69) is 11.9 Å². The van der Waals surface area contributed by atoms with E-state index in [4.69, 9.17) is 23.1 Å². The van der Waals surface area contributed by atoms with Crippen LogP contribution in [0.1, 0.15) is 96.8 Å². The summed E-state index contributed by atoms with van der Waals surface area (Å²) in [5.74, 6) is 0.0877. The van der Waals surface area contributed by atoms with E-state index in [1.807, 2.05) is 0 Å². The van der Waals surface area contributed by atoms with Gasteiger partial charge in [-0.2, -0.15) is 0 Å². The van der Waals surface area contributed by atoms with Crippen LogP contribution in [0.3, 0.4) is 0 Å². The minimum Gasteiger partial charge on any atom is -0.370 e. The molecule has 4 N–H and O–H groups in total. The van der Waals surface area contributed by atoms with Crippen molar-refractivity contribution in [2.24, 2.45) is 16.5 Å². The quantitative estimate of drug-likeness (QED) is 0.141. The van der Waals surface area contributed by atoms with Crippen LogP contribution in [-0.4, -0.2) is 11.5 Å². The van der Waals surface area contributed by atoms with Crippen LogP contribution in [0, 0.1) is 0 Å². The molecule has 0 spiro atoms. The number of guanidine groups is 1. The zero-order valence-corrected chi connectivity index (χ0v) is 14.7. The summed E-state index contributed by atoms with van der Waals surface area (Å²) < 4.78 is 0. The van der Waals surface area contributed by atoms with Gasteiger partial charge in [-0.3, -0.25) is 0 Å². The second-order valence-electron chi connectivity index (χ2n) is 6.02. The van der Waals surface area contributed by atoms with Crippen LogP contribution < -0.4 is 11.5 Å². The third-order valence-electron chi connectivity index (χ3n) is 3.84. The molecular weight excluding hydrogens is 282 g/mol. The highest BCUT2D eigenvalue weighted by molar-refractivity contribution is 6.20. The average Bonchev–Trinajstić information content (AvgIpc) is 2.43. The van der Waals surface area contributed by atoms with Gasteiger partial charge in [0.2, 0.25) is 0 Å². The van der Waals surface area contributed by atoms with Crippen molar-refractivity contribution in [3.63, 3.8) is 0 Å². The summed E-state index contributed by atoms with van der Waals surface area (Å²) in [6.07, 6.45) is 18.6. The van der Waals surface area contributed by atoms with Crippen molar-refractivity contribution in [3.8, 4) is 0 Å². The molecule has 0 radical (unpaired) electrons. The van der Waals surface area contributed by atoms with Gasteiger partial charge in [0.15, 0.2) is 5.96 Å². The van der Waals surface area contributed by atoms with Crippen LogP contribution >= 0.6 is 11.6 Å². The van der Waals surface area contributed by atoms with Gasteiger partial charge in [-0.25, -0.2) is 4.99 Å². The lowest BCUT2D eigenvalue weighted by Gasteiger charge is -2.05. The van der Waals surface area contributed by atoms with Gasteiger partial charge in [-0.1, -0.05) is 102 Å². The highest BCUT2D eigenvalue weighted by atomic mass is 35.5. The number of hydrogen-bond donors (Lipinski definition) is 2. The molecule has 0 aliphatic heterocycles. The minimum absolute atomic E-state index is 0.0877. The molecule has 0 rings (SSSR count). The van der Waals surface area contributed by atoms with Gasteiger partial charge in [0, 0.05) is 0 Å². The zero-order valence-electron chi connectivity index (χ0n) is 14.0. The molecule has 126 valence electrons. The van der Waals surface area contributed by atoms with E-state index in [1.54, 1.807) is 0 Å². The lowest BCUT2D eigenvalue weighted by molar-refractivity contribution is 0.534. The molecule has 0 aromatic heterocycles. The maximum atomic E-state index is 5.97.